The van der Waals surface area contributed by atoms with Crippen LogP contribution in [0.5, 0.6) is 0 Å². The quantitative estimate of drug-likeness (QED) is 0.861. The fourth-order valence-electron chi connectivity index (χ4n) is 5.40. The average Bonchev–Trinajstić information content (AvgIpc) is 2.63. The van der Waals surface area contributed by atoms with E-state index in [4.69, 9.17) is 4.74 Å². The van der Waals surface area contributed by atoms with Gasteiger partial charge in [-0.25, -0.2) is 0 Å². The van der Waals surface area contributed by atoms with Gasteiger partial charge in [-0.15, -0.1) is 0 Å². The molecule has 0 amide bonds. The third-order valence-electron chi connectivity index (χ3n) is 6.48. The lowest BCUT2D eigenvalue weighted by Gasteiger charge is -2.59. The molecule has 134 valence electrons. The minimum Gasteiger partial charge on any atom is -0.481 e. The van der Waals surface area contributed by atoms with Gasteiger partial charge < -0.3 is 9.84 Å². The zero-order valence-corrected chi connectivity index (χ0v) is 15.2. The number of carboxylic acid groups (broad SMARTS) is 1. The van der Waals surface area contributed by atoms with Gasteiger partial charge in [0.15, 0.2) is 0 Å². The Bertz CT molecular complexity index is 866. The Morgan fingerprint density at radius 1 is 0.885 bits per heavy atom. The summed E-state index contributed by atoms with van der Waals surface area (Å²) in [5.41, 5.74) is 2.52. The predicted molar refractivity (Wildman–Crippen MR) is 97.0 cm³/mol. The monoisotopic (exact) mass is 350 g/mol. The summed E-state index contributed by atoms with van der Waals surface area (Å²) in [4.78, 5) is 25.4. The van der Waals surface area contributed by atoms with Gasteiger partial charge in [-0.3, -0.25) is 9.59 Å². The van der Waals surface area contributed by atoms with Crippen molar-refractivity contribution in [3.05, 3.63) is 70.8 Å². The van der Waals surface area contributed by atoms with Crippen molar-refractivity contribution in [3.63, 3.8) is 0 Å². The number of benzene rings is 2. The Balaban J connectivity index is 2.13. The fraction of sp³-hybridized carbons (Fsp3) is 0.364. The first-order chi connectivity index (χ1) is 12.4. The highest BCUT2D eigenvalue weighted by molar-refractivity contribution is 5.89. The topological polar surface area (TPSA) is 63.6 Å². The number of hydrogen-bond acceptors (Lipinski definition) is 3. The molecular formula is C22H22O4. The van der Waals surface area contributed by atoms with Crippen molar-refractivity contribution in [1.82, 2.24) is 0 Å². The molecule has 4 nitrogen and oxygen atoms in total. The van der Waals surface area contributed by atoms with Gasteiger partial charge in [0, 0.05) is 10.8 Å². The molecule has 0 radical (unpaired) electrons. The fourth-order valence-corrected chi connectivity index (χ4v) is 5.40. The molecule has 0 unspecified atom stereocenters. The highest BCUT2D eigenvalue weighted by atomic mass is 16.5. The van der Waals surface area contributed by atoms with Crippen LogP contribution in [0.1, 0.15) is 43.0 Å². The summed E-state index contributed by atoms with van der Waals surface area (Å²) < 4.78 is 5.35. The maximum absolute atomic E-state index is 13.0. The van der Waals surface area contributed by atoms with Gasteiger partial charge in [0.05, 0.1) is 18.4 Å². The summed E-state index contributed by atoms with van der Waals surface area (Å²) in [5.74, 6) is -3.04. The SMILES string of the molecule is CCOC(=O)[C@H]1[C@@H](C(=O)O)C2(C)c3ccccc3C1(C)c1ccccc12. The molecular weight excluding hydrogens is 328 g/mol. The summed E-state index contributed by atoms with van der Waals surface area (Å²) >= 11 is 0. The van der Waals surface area contributed by atoms with Crippen LogP contribution in [0.15, 0.2) is 48.5 Å². The van der Waals surface area contributed by atoms with Crippen LogP contribution in [0, 0.1) is 11.8 Å². The summed E-state index contributed by atoms with van der Waals surface area (Å²) in [6.07, 6.45) is 0. The lowest BCUT2D eigenvalue weighted by atomic mass is 9.42. The van der Waals surface area contributed by atoms with Crippen LogP contribution in [-0.4, -0.2) is 23.7 Å². The van der Waals surface area contributed by atoms with E-state index in [2.05, 4.69) is 0 Å². The minimum absolute atomic E-state index is 0.234. The first kappa shape index (κ1) is 16.8. The van der Waals surface area contributed by atoms with Gasteiger partial charge in [-0.2, -0.15) is 0 Å². The molecule has 0 aliphatic heterocycles. The second kappa shape index (κ2) is 5.44. The normalized spacial score (nSPS) is 31.0. The van der Waals surface area contributed by atoms with Crippen LogP contribution >= 0.6 is 0 Å². The average molecular weight is 350 g/mol. The van der Waals surface area contributed by atoms with Gasteiger partial charge in [0.2, 0.25) is 0 Å². The van der Waals surface area contributed by atoms with Crippen LogP contribution in [0.4, 0.5) is 0 Å². The maximum Gasteiger partial charge on any atom is 0.311 e. The van der Waals surface area contributed by atoms with Gasteiger partial charge in [0.1, 0.15) is 0 Å². The van der Waals surface area contributed by atoms with E-state index in [0.29, 0.717) is 0 Å². The van der Waals surface area contributed by atoms with Crippen molar-refractivity contribution >= 4 is 11.9 Å². The number of aliphatic carboxylic acids is 1. The summed E-state index contributed by atoms with van der Waals surface area (Å²) in [6.45, 7) is 5.92. The number of carbonyl (C=O) groups excluding carboxylic acids is 1. The third kappa shape index (κ3) is 1.79. The first-order valence-corrected chi connectivity index (χ1v) is 8.97. The van der Waals surface area contributed by atoms with E-state index in [1.165, 1.54) is 0 Å². The molecule has 4 heteroatoms. The Labute approximate surface area is 152 Å². The third-order valence-corrected chi connectivity index (χ3v) is 6.48. The van der Waals surface area contributed by atoms with Gasteiger partial charge >= 0.3 is 11.9 Å². The van der Waals surface area contributed by atoms with Gasteiger partial charge in [0.25, 0.3) is 0 Å². The molecule has 5 rings (SSSR count). The lowest BCUT2D eigenvalue weighted by Crippen LogP contribution is -2.62. The number of rotatable bonds is 3. The molecule has 1 N–H and O–H groups in total. The van der Waals surface area contributed by atoms with Crippen LogP contribution in [0.2, 0.25) is 0 Å². The Morgan fingerprint density at radius 3 is 1.62 bits per heavy atom. The van der Waals surface area contributed by atoms with Crippen LogP contribution in [0.25, 0.3) is 0 Å². The van der Waals surface area contributed by atoms with Gasteiger partial charge in [-0.1, -0.05) is 62.4 Å². The van der Waals surface area contributed by atoms with Crippen molar-refractivity contribution in [1.29, 1.82) is 0 Å². The zero-order valence-electron chi connectivity index (χ0n) is 15.2. The molecule has 2 bridgehead atoms. The molecule has 0 spiro atoms. The van der Waals surface area contributed by atoms with E-state index in [1.54, 1.807) is 6.92 Å². The van der Waals surface area contributed by atoms with Gasteiger partial charge in [-0.05, 0) is 29.2 Å². The zero-order chi connectivity index (χ0) is 18.7. The highest BCUT2D eigenvalue weighted by Gasteiger charge is 2.66. The summed E-state index contributed by atoms with van der Waals surface area (Å²) in [7, 11) is 0. The summed E-state index contributed by atoms with van der Waals surface area (Å²) in [6, 6.07) is 15.8. The Morgan fingerprint density at radius 2 is 1.27 bits per heavy atom. The molecule has 3 aliphatic rings. The molecule has 2 atom stereocenters. The molecule has 2 aromatic rings. The first-order valence-electron chi connectivity index (χ1n) is 8.97. The van der Waals surface area contributed by atoms with E-state index < -0.39 is 34.6 Å². The van der Waals surface area contributed by atoms with E-state index in [9.17, 15) is 14.7 Å². The number of carbonyl (C=O) groups is 2. The number of carboxylic acids is 1. The van der Waals surface area contributed by atoms with Crippen LogP contribution in [0.3, 0.4) is 0 Å². The van der Waals surface area contributed by atoms with Crippen molar-refractivity contribution in [2.75, 3.05) is 6.61 Å². The number of fused-ring (bicyclic) bond motifs is 1. The predicted octanol–water partition coefficient (Wildman–Crippen LogP) is 3.51. The smallest absolute Gasteiger partial charge is 0.311 e. The molecule has 0 heterocycles. The van der Waals surface area contributed by atoms with Crippen molar-refractivity contribution in [2.24, 2.45) is 11.8 Å². The number of ether oxygens (including phenoxy) is 1. The van der Waals surface area contributed by atoms with Crippen LogP contribution < -0.4 is 0 Å². The summed E-state index contributed by atoms with van der Waals surface area (Å²) in [5, 5.41) is 10.2. The minimum atomic E-state index is -0.958. The van der Waals surface area contributed by atoms with E-state index in [-0.39, 0.29) is 6.61 Å². The van der Waals surface area contributed by atoms with E-state index in [0.717, 1.165) is 22.3 Å². The second-order valence-corrected chi connectivity index (χ2v) is 7.54. The molecule has 26 heavy (non-hydrogen) atoms. The van der Waals surface area contributed by atoms with Crippen LogP contribution in [-0.2, 0) is 25.2 Å². The number of hydrogen-bond donors (Lipinski definition) is 1. The molecule has 0 saturated carbocycles. The number of esters is 1. The Hall–Kier alpha value is -2.62. The van der Waals surface area contributed by atoms with E-state index in [1.807, 2.05) is 62.4 Å². The molecule has 0 saturated heterocycles. The highest BCUT2D eigenvalue weighted by Crippen LogP contribution is 2.64. The lowest BCUT2D eigenvalue weighted by molar-refractivity contribution is -0.164. The van der Waals surface area contributed by atoms with Crippen molar-refractivity contribution in [2.45, 2.75) is 31.6 Å². The molecule has 0 fully saturated rings. The second-order valence-electron chi connectivity index (χ2n) is 7.54. The standard InChI is InChI=1S/C22H22O4/c1-4-26-20(25)18-17(19(23)24)21(2)13-9-5-7-11-15(13)22(18,3)16-12-8-6-10-14(16)21/h5-12,17-18H,4H2,1-3H3,(H,23,24)/t17-,18+,21?,22?/m0/s1. The van der Waals surface area contributed by atoms with Crippen molar-refractivity contribution < 1.29 is 19.4 Å². The molecule has 3 aliphatic carbocycles. The molecule has 2 aromatic carbocycles. The molecule has 0 aromatic heterocycles. The Kier molecular flexibility index (Phi) is 3.52. The maximum atomic E-state index is 13.0. The largest absolute Gasteiger partial charge is 0.481 e. The van der Waals surface area contributed by atoms with E-state index >= 15 is 0 Å². The van der Waals surface area contributed by atoms with Crippen molar-refractivity contribution in [3.8, 4) is 0 Å².